The van der Waals surface area contributed by atoms with E-state index in [-0.39, 0.29) is 5.92 Å². The Hall–Kier alpha value is -7.05. The van der Waals surface area contributed by atoms with Crippen molar-refractivity contribution in [1.29, 1.82) is 0 Å². The fourth-order valence-electron chi connectivity index (χ4n) is 9.33. The number of hydrogen-bond donors (Lipinski definition) is 1. The molecule has 2 atom stereocenters. The highest BCUT2D eigenvalue weighted by atomic mass is 15.2. The van der Waals surface area contributed by atoms with E-state index in [9.17, 15) is 0 Å². The number of allylic oxidation sites excluding steroid dienone is 12. The van der Waals surface area contributed by atoms with E-state index in [0.717, 1.165) is 83.6 Å². The van der Waals surface area contributed by atoms with Gasteiger partial charge in [-0.25, -0.2) is 24.9 Å². The molecule has 4 aliphatic carbocycles. The molecule has 0 radical (unpaired) electrons. The number of rotatable bonds is 7. The molecule has 6 nitrogen and oxygen atoms in total. The Morgan fingerprint density at radius 3 is 2.02 bits per heavy atom. The molecule has 4 aromatic carbocycles. The summed E-state index contributed by atoms with van der Waals surface area (Å²) in [5, 5.41) is 3.87. The third-order valence-electron chi connectivity index (χ3n) is 12.7. The number of aliphatic imine (C=N–C) groups is 2. The molecule has 0 bridgehead atoms. The van der Waals surface area contributed by atoms with Crippen LogP contribution < -0.4 is 5.32 Å². The second kappa shape index (κ2) is 16.8. The molecule has 0 fully saturated rings. The number of benzene rings is 4. The van der Waals surface area contributed by atoms with Crippen LogP contribution in [0.25, 0.3) is 50.6 Å². The molecule has 1 aliphatic heterocycles. The third-order valence-corrected chi connectivity index (χ3v) is 12.7. The van der Waals surface area contributed by atoms with Crippen molar-refractivity contribution in [2.45, 2.75) is 65.0 Å². The zero-order valence-electron chi connectivity index (χ0n) is 35.6. The Morgan fingerprint density at radius 1 is 0.710 bits per heavy atom. The molecule has 0 amide bonds. The van der Waals surface area contributed by atoms with Gasteiger partial charge >= 0.3 is 0 Å². The SMILES string of the molecule is CC1=C(/C=C(\C)C2=NC(C3=CCCC=C3)=N[C@](C)(C3C=CC=CC3)N2)C2=C(CCCC(c3nc(-c4ccccc4)nc(-c4ccccc4)n3)=C2)c2ccccc2-c2ccccc21. The lowest BCUT2D eigenvalue weighted by atomic mass is 9.80. The molecule has 0 spiro atoms. The third kappa shape index (κ3) is 7.62. The number of fused-ring (bicyclic) bond motifs is 4. The Labute approximate surface area is 365 Å². The van der Waals surface area contributed by atoms with Gasteiger partial charge in [-0.3, -0.25) is 0 Å². The maximum atomic E-state index is 5.35. The molecular weight excluding hydrogens is 757 g/mol. The Kier molecular flexibility index (Phi) is 10.6. The average molecular weight is 807 g/mol. The van der Waals surface area contributed by atoms with Crippen LogP contribution in [0.1, 0.15) is 76.2 Å². The van der Waals surface area contributed by atoms with Crippen molar-refractivity contribution >= 4 is 28.4 Å². The molecule has 0 saturated heterocycles. The summed E-state index contributed by atoms with van der Waals surface area (Å²) >= 11 is 0. The van der Waals surface area contributed by atoms with Crippen LogP contribution in [-0.2, 0) is 0 Å². The van der Waals surface area contributed by atoms with E-state index in [4.69, 9.17) is 24.9 Å². The standard InChI is InChI=1S/C56H50N6/c1-37(51-57-55(41-25-12-6-13-26-41)62-56(3,61-51)43-28-14-7-15-29-43)35-49-38(2)44-30-16-17-31-45(44)46-32-18-19-33-47(46)48-34-20-27-42(36-50(48)49)54-59-52(39-21-8-4-9-22-39)58-53(60-54)40-23-10-5-11-24-40/h4-5,7-12,14-19,21-26,28,30-33,35-36,43H,6,13,20,27,29,34H2,1-3H3,(H,57,61,62)/b37-35+,44-38?,46-45?,48-47?,49-38?,50-49?/t43?,56-/m1/s1. The maximum absolute atomic E-state index is 5.35. The fraction of sp³-hybridized carbons (Fsp3) is 0.196. The van der Waals surface area contributed by atoms with Gasteiger partial charge < -0.3 is 5.32 Å². The largest absolute Gasteiger partial charge is 0.345 e. The molecule has 6 heteroatoms. The van der Waals surface area contributed by atoms with Crippen molar-refractivity contribution in [3.8, 4) is 33.9 Å². The lowest BCUT2D eigenvalue weighted by Gasteiger charge is -2.38. The summed E-state index contributed by atoms with van der Waals surface area (Å²) in [7, 11) is 0. The van der Waals surface area contributed by atoms with Crippen LogP contribution in [0.5, 0.6) is 0 Å². The normalized spacial score (nSPS) is 21.0. The molecule has 5 aromatic rings. The summed E-state index contributed by atoms with van der Waals surface area (Å²) in [5.41, 5.74) is 14.4. The first kappa shape index (κ1) is 39.1. The van der Waals surface area contributed by atoms with E-state index < -0.39 is 5.66 Å². The zero-order chi connectivity index (χ0) is 42.0. The molecule has 10 rings (SSSR count). The maximum Gasteiger partial charge on any atom is 0.164 e. The second-order valence-corrected chi connectivity index (χ2v) is 16.9. The first-order chi connectivity index (χ1) is 30.4. The van der Waals surface area contributed by atoms with Crippen LogP contribution >= 0.6 is 0 Å². The smallest absolute Gasteiger partial charge is 0.164 e. The molecule has 1 N–H and O–H groups in total. The van der Waals surface area contributed by atoms with Gasteiger partial charge in [-0.1, -0.05) is 152 Å². The molecular formula is C56H50N6. The van der Waals surface area contributed by atoms with Gasteiger partial charge in [0.25, 0.3) is 0 Å². The number of nitrogens with zero attached hydrogens (tertiary/aromatic N) is 5. The fourth-order valence-corrected chi connectivity index (χ4v) is 9.33. The van der Waals surface area contributed by atoms with E-state index in [1.165, 1.54) is 39.0 Å². The van der Waals surface area contributed by atoms with Crippen LogP contribution in [0.2, 0.25) is 0 Å². The van der Waals surface area contributed by atoms with Crippen molar-refractivity contribution in [3.63, 3.8) is 0 Å². The summed E-state index contributed by atoms with van der Waals surface area (Å²) in [6.45, 7) is 6.69. The van der Waals surface area contributed by atoms with Crippen molar-refractivity contribution in [2.75, 3.05) is 0 Å². The van der Waals surface area contributed by atoms with E-state index in [0.29, 0.717) is 17.5 Å². The molecule has 304 valence electrons. The van der Waals surface area contributed by atoms with Crippen LogP contribution in [0.4, 0.5) is 0 Å². The van der Waals surface area contributed by atoms with Gasteiger partial charge in [-0.05, 0) is 127 Å². The minimum absolute atomic E-state index is 0.170. The first-order valence-corrected chi connectivity index (χ1v) is 22.0. The molecule has 62 heavy (non-hydrogen) atoms. The quantitative estimate of drug-likeness (QED) is 0.178. The van der Waals surface area contributed by atoms with Gasteiger partial charge in [0.05, 0.1) is 0 Å². The second-order valence-electron chi connectivity index (χ2n) is 16.9. The van der Waals surface area contributed by atoms with Gasteiger partial charge in [0.15, 0.2) is 23.3 Å². The van der Waals surface area contributed by atoms with Gasteiger partial charge in [0, 0.05) is 22.6 Å². The summed E-state index contributed by atoms with van der Waals surface area (Å²) in [6.07, 6.45) is 25.8. The number of aromatic nitrogens is 3. The lowest BCUT2D eigenvalue weighted by molar-refractivity contribution is 0.323. The summed E-state index contributed by atoms with van der Waals surface area (Å²) in [6, 6.07) is 38.3. The minimum Gasteiger partial charge on any atom is -0.345 e. The van der Waals surface area contributed by atoms with Crippen LogP contribution in [0, 0.1) is 5.92 Å². The van der Waals surface area contributed by atoms with Crippen LogP contribution in [-0.4, -0.2) is 32.3 Å². The molecule has 0 saturated carbocycles. The van der Waals surface area contributed by atoms with Crippen molar-refractivity contribution in [1.82, 2.24) is 20.3 Å². The van der Waals surface area contributed by atoms with Gasteiger partial charge in [-0.2, -0.15) is 0 Å². The Balaban J connectivity index is 1.18. The first-order valence-electron chi connectivity index (χ1n) is 22.0. The number of amidine groups is 2. The van der Waals surface area contributed by atoms with Gasteiger partial charge in [0.1, 0.15) is 11.5 Å². The Morgan fingerprint density at radius 2 is 1.35 bits per heavy atom. The molecule has 2 heterocycles. The summed E-state index contributed by atoms with van der Waals surface area (Å²) in [4.78, 5) is 26.2. The van der Waals surface area contributed by atoms with Crippen LogP contribution in [0.3, 0.4) is 0 Å². The van der Waals surface area contributed by atoms with Gasteiger partial charge in [0.2, 0.25) is 0 Å². The Bertz CT molecular complexity index is 2840. The highest BCUT2D eigenvalue weighted by Gasteiger charge is 2.37. The monoisotopic (exact) mass is 806 g/mol. The predicted octanol–water partition coefficient (Wildman–Crippen LogP) is 13.2. The van der Waals surface area contributed by atoms with Gasteiger partial charge in [-0.15, -0.1) is 0 Å². The minimum atomic E-state index is -0.587. The molecule has 5 aliphatic rings. The van der Waals surface area contributed by atoms with Crippen molar-refractivity contribution in [3.05, 3.63) is 203 Å². The van der Waals surface area contributed by atoms with E-state index >= 15 is 0 Å². The number of nitrogens with one attached hydrogen (secondary N) is 1. The molecule has 1 unspecified atom stereocenters. The summed E-state index contributed by atoms with van der Waals surface area (Å²) < 4.78 is 0. The number of hydrogen-bond acceptors (Lipinski definition) is 6. The van der Waals surface area contributed by atoms with Crippen LogP contribution in [0.15, 0.2) is 196 Å². The predicted molar refractivity (Wildman–Crippen MR) is 257 cm³/mol. The van der Waals surface area contributed by atoms with E-state index in [1.807, 2.05) is 36.4 Å². The highest BCUT2D eigenvalue weighted by molar-refractivity contribution is 6.14. The van der Waals surface area contributed by atoms with Crippen molar-refractivity contribution in [2.24, 2.45) is 15.9 Å². The highest BCUT2D eigenvalue weighted by Crippen LogP contribution is 2.46. The topological polar surface area (TPSA) is 75.4 Å². The zero-order valence-corrected chi connectivity index (χ0v) is 35.6. The van der Waals surface area contributed by atoms with E-state index in [1.54, 1.807) is 0 Å². The van der Waals surface area contributed by atoms with Crippen molar-refractivity contribution < 1.29 is 0 Å². The average Bonchev–Trinajstić information content (AvgIpc) is 3.56. The molecule has 1 aromatic heterocycles. The summed E-state index contributed by atoms with van der Waals surface area (Å²) in [5.74, 6) is 3.84. The lowest BCUT2D eigenvalue weighted by Crippen LogP contribution is -2.53. The van der Waals surface area contributed by atoms with E-state index in [2.05, 4.69) is 154 Å².